The highest BCUT2D eigenvalue weighted by atomic mass is 16.1. The third-order valence-electron chi connectivity index (χ3n) is 3.90. The summed E-state index contributed by atoms with van der Waals surface area (Å²) >= 11 is 0. The molecule has 0 aliphatic heterocycles. The highest BCUT2D eigenvalue weighted by Gasteiger charge is 2.25. The van der Waals surface area contributed by atoms with Gasteiger partial charge in [0.2, 0.25) is 0 Å². The number of nitrogens with one attached hydrogen (secondary N) is 1. The average molecular weight is 261 g/mol. The maximum atomic E-state index is 11.9. The summed E-state index contributed by atoms with van der Waals surface area (Å²) in [6.07, 6.45) is 5.60. The first kappa shape index (κ1) is 12.3. The van der Waals surface area contributed by atoms with E-state index in [4.69, 9.17) is 5.73 Å². The van der Waals surface area contributed by atoms with Crippen LogP contribution >= 0.6 is 0 Å². The number of hydrogen-bond donors (Lipinski definition) is 2. The minimum Gasteiger partial charge on any atom is -0.327 e. The van der Waals surface area contributed by atoms with Crippen LogP contribution in [0.2, 0.25) is 0 Å². The van der Waals surface area contributed by atoms with Gasteiger partial charge in [0.1, 0.15) is 5.82 Å². The molecular formula is C13H19N5O. The molecule has 6 heteroatoms. The number of fused-ring (bicyclic) bond motifs is 1. The van der Waals surface area contributed by atoms with Crippen LogP contribution in [0.5, 0.6) is 0 Å². The van der Waals surface area contributed by atoms with Gasteiger partial charge in [-0.05, 0) is 19.8 Å². The zero-order chi connectivity index (χ0) is 13.4. The molecule has 19 heavy (non-hydrogen) atoms. The molecule has 0 amide bonds. The van der Waals surface area contributed by atoms with E-state index in [1.807, 2.05) is 0 Å². The van der Waals surface area contributed by atoms with Gasteiger partial charge < -0.3 is 5.73 Å². The predicted molar refractivity (Wildman–Crippen MR) is 72.1 cm³/mol. The van der Waals surface area contributed by atoms with Crippen molar-refractivity contribution < 1.29 is 0 Å². The van der Waals surface area contributed by atoms with Gasteiger partial charge in [0, 0.05) is 23.7 Å². The number of rotatable bonds is 1. The third kappa shape index (κ3) is 2.28. The first-order valence-corrected chi connectivity index (χ1v) is 6.87. The minimum absolute atomic E-state index is 0.111. The lowest BCUT2D eigenvalue weighted by molar-refractivity contribution is 0.483. The molecule has 6 nitrogen and oxygen atoms in total. The summed E-state index contributed by atoms with van der Waals surface area (Å²) < 4.78 is 1.40. The van der Waals surface area contributed by atoms with E-state index in [0.29, 0.717) is 11.5 Å². The zero-order valence-electron chi connectivity index (χ0n) is 11.1. The van der Waals surface area contributed by atoms with Gasteiger partial charge in [0.25, 0.3) is 11.3 Å². The van der Waals surface area contributed by atoms with Gasteiger partial charge in [-0.3, -0.25) is 9.89 Å². The topological polar surface area (TPSA) is 89.1 Å². The highest BCUT2D eigenvalue weighted by Crippen LogP contribution is 2.28. The van der Waals surface area contributed by atoms with Crippen LogP contribution in [0.4, 0.5) is 0 Å². The quantitative estimate of drug-likeness (QED) is 0.752. The Balaban J connectivity index is 2.05. The molecule has 2 atom stereocenters. The Morgan fingerprint density at radius 3 is 2.95 bits per heavy atom. The smallest absolute Gasteiger partial charge is 0.274 e. The summed E-state index contributed by atoms with van der Waals surface area (Å²) in [6.45, 7) is 1.80. The van der Waals surface area contributed by atoms with Crippen LogP contribution in [0.15, 0.2) is 10.9 Å². The van der Waals surface area contributed by atoms with E-state index >= 15 is 0 Å². The Labute approximate surface area is 111 Å². The number of aromatic nitrogens is 4. The summed E-state index contributed by atoms with van der Waals surface area (Å²) in [7, 11) is 0. The molecule has 0 spiro atoms. The molecule has 2 heterocycles. The number of nitrogens with two attached hydrogens (primary N) is 1. The predicted octanol–water partition coefficient (Wildman–Crippen LogP) is 1.10. The van der Waals surface area contributed by atoms with E-state index < -0.39 is 0 Å². The normalized spacial score (nSPS) is 24.5. The Morgan fingerprint density at radius 1 is 1.32 bits per heavy atom. The van der Waals surface area contributed by atoms with Crippen molar-refractivity contribution in [2.45, 2.75) is 51.0 Å². The van der Waals surface area contributed by atoms with Gasteiger partial charge in [-0.15, -0.1) is 0 Å². The van der Waals surface area contributed by atoms with Crippen molar-refractivity contribution in [3.8, 4) is 0 Å². The molecule has 1 fully saturated rings. The number of hydrogen-bond acceptors (Lipinski definition) is 4. The van der Waals surface area contributed by atoms with Crippen LogP contribution in [-0.4, -0.2) is 25.6 Å². The maximum absolute atomic E-state index is 11.9. The Hall–Kier alpha value is -1.69. The molecule has 2 aromatic heterocycles. The van der Waals surface area contributed by atoms with Crippen molar-refractivity contribution in [1.29, 1.82) is 0 Å². The molecule has 1 aliphatic carbocycles. The molecule has 2 unspecified atom stereocenters. The van der Waals surface area contributed by atoms with E-state index in [0.717, 1.165) is 25.1 Å². The van der Waals surface area contributed by atoms with Gasteiger partial charge in [0.05, 0.1) is 0 Å². The summed E-state index contributed by atoms with van der Waals surface area (Å²) in [6, 6.07) is 1.61. The molecule has 0 radical (unpaired) electrons. The van der Waals surface area contributed by atoms with Gasteiger partial charge in [-0.2, -0.15) is 9.50 Å². The molecule has 0 bridgehead atoms. The molecule has 1 aliphatic rings. The fourth-order valence-electron chi connectivity index (χ4n) is 2.85. The van der Waals surface area contributed by atoms with Crippen molar-refractivity contribution in [3.05, 3.63) is 27.9 Å². The van der Waals surface area contributed by atoms with Crippen LogP contribution < -0.4 is 11.3 Å². The Kier molecular flexibility index (Phi) is 3.10. The lowest BCUT2D eigenvalue weighted by atomic mass is 9.95. The maximum Gasteiger partial charge on any atom is 0.274 e. The molecule has 1 saturated carbocycles. The van der Waals surface area contributed by atoms with E-state index in [-0.39, 0.29) is 17.5 Å². The summed E-state index contributed by atoms with van der Waals surface area (Å²) in [5, 5.41) is 3.07. The number of nitrogens with zero attached hydrogens (tertiary/aromatic N) is 3. The second-order valence-corrected chi connectivity index (χ2v) is 5.39. The molecule has 102 valence electrons. The fourth-order valence-corrected chi connectivity index (χ4v) is 2.85. The van der Waals surface area contributed by atoms with Crippen molar-refractivity contribution in [3.63, 3.8) is 0 Å². The van der Waals surface area contributed by atoms with Gasteiger partial charge in [0.15, 0.2) is 0 Å². The first-order chi connectivity index (χ1) is 9.15. The SMILES string of the molecule is Cc1cc(=O)n2[nH]c(C3CCCCCC3N)nc2n1. The first-order valence-electron chi connectivity index (χ1n) is 6.87. The molecular weight excluding hydrogens is 242 g/mol. The number of H-pyrrole nitrogens is 1. The van der Waals surface area contributed by atoms with E-state index in [9.17, 15) is 4.79 Å². The zero-order valence-corrected chi connectivity index (χ0v) is 11.1. The van der Waals surface area contributed by atoms with Crippen LogP contribution in [0, 0.1) is 6.92 Å². The van der Waals surface area contributed by atoms with Crippen molar-refractivity contribution in [2.75, 3.05) is 0 Å². The average Bonchev–Trinajstić information content (AvgIpc) is 2.65. The lowest BCUT2D eigenvalue weighted by Crippen LogP contribution is -2.28. The van der Waals surface area contributed by atoms with Crippen LogP contribution in [-0.2, 0) is 0 Å². The molecule has 0 saturated heterocycles. The second-order valence-electron chi connectivity index (χ2n) is 5.39. The van der Waals surface area contributed by atoms with E-state index in [2.05, 4.69) is 15.1 Å². The van der Waals surface area contributed by atoms with Crippen LogP contribution in [0.25, 0.3) is 5.78 Å². The highest BCUT2D eigenvalue weighted by molar-refractivity contribution is 5.28. The minimum atomic E-state index is -0.122. The monoisotopic (exact) mass is 261 g/mol. The van der Waals surface area contributed by atoms with E-state index in [1.165, 1.54) is 23.4 Å². The molecule has 3 rings (SSSR count). The second kappa shape index (κ2) is 4.77. The Bertz CT molecular complexity index is 644. The van der Waals surface area contributed by atoms with Gasteiger partial charge >= 0.3 is 0 Å². The van der Waals surface area contributed by atoms with Crippen molar-refractivity contribution >= 4 is 5.78 Å². The fraction of sp³-hybridized carbons (Fsp3) is 0.615. The summed E-state index contributed by atoms with van der Waals surface area (Å²) in [5.41, 5.74) is 6.80. The van der Waals surface area contributed by atoms with Gasteiger partial charge in [-0.25, -0.2) is 4.98 Å². The largest absolute Gasteiger partial charge is 0.327 e. The van der Waals surface area contributed by atoms with Crippen LogP contribution in [0.3, 0.4) is 0 Å². The summed E-state index contributed by atoms with van der Waals surface area (Å²) in [4.78, 5) is 20.6. The Morgan fingerprint density at radius 2 is 2.11 bits per heavy atom. The molecule has 0 aromatic carbocycles. The summed E-state index contributed by atoms with van der Waals surface area (Å²) in [5.74, 6) is 1.44. The van der Waals surface area contributed by atoms with Gasteiger partial charge in [-0.1, -0.05) is 19.3 Å². The number of aryl methyl sites for hydroxylation is 1. The molecule has 2 aromatic rings. The number of aromatic amines is 1. The lowest BCUT2D eigenvalue weighted by Gasteiger charge is -2.18. The van der Waals surface area contributed by atoms with Crippen LogP contribution in [0.1, 0.15) is 49.5 Å². The molecule has 3 N–H and O–H groups in total. The van der Waals surface area contributed by atoms with Crippen molar-refractivity contribution in [1.82, 2.24) is 19.6 Å². The standard InChI is InChI=1S/C13H19N5O/c1-8-7-11(19)18-13(15-8)16-12(17-18)9-5-3-2-4-6-10(9)14/h7,9-10H,2-6,14H2,1H3,(H,15,16,17). The van der Waals surface area contributed by atoms with Crippen molar-refractivity contribution in [2.24, 2.45) is 5.73 Å². The van der Waals surface area contributed by atoms with E-state index in [1.54, 1.807) is 6.92 Å². The third-order valence-corrected chi connectivity index (χ3v) is 3.90.